The maximum atomic E-state index is 3.67. The van der Waals surface area contributed by atoms with Gasteiger partial charge in [-0.1, -0.05) is 37.3 Å². The van der Waals surface area contributed by atoms with Crippen molar-refractivity contribution in [2.45, 2.75) is 89.6 Å². The van der Waals surface area contributed by atoms with Crippen LogP contribution in [0, 0.1) is 0 Å². The lowest BCUT2D eigenvalue weighted by Crippen LogP contribution is -2.58. The predicted molar refractivity (Wildman–Crippen MR) is 92.8 cm³/mol. The molecule has 1 heterocycles. The van der Waals surface area contributed by atoms with Crippen molar-refractivity contribution in [2.75, 3.05) is 20.1 Å². The zero-order valence-corrected chi connectivity index (χ0v) is 14.6. The second-order valence-corrected chi connectivity index (χ2v) is 7.51. The summed E-state index contributed by atoms with van der Waals surface area (Å²) in [6.45, 7) is 7.47. The van der Waals surface area contributed by atoms with Crippen LogP contribution in [0.4, 0.5) is 0 Å². The highest BCUT2D eigenvalue weighted by Gasteiger charge is 2.36. The highest BCUT2D eigenvalue weighted by molar-refractivity contribution is 5.18. The molecule has 2 nitrogen and oxygen atoms in total. The number of likely N-dealkylation sites (tertiary alicyclic amines) is 1. The van der Waals surface area contributed by atoms with E-state index in [-0.39, 0.29) is 5.54 Å². The molecule has 0 aromatic heterocycles. The largest absolute Gasteiger partial charge is 0.312 e. The lowest BCUT2D eigenvalue weighted by atomic mass is 9.82. The normalized spacial score (nSPS) is 24.6. The molecule has 2 rings (SSSR count). The molecule has 21 heavy (non-hydrogen) atoms. The Hall–Kier alpha value is -0.340. The minimum Gasteiger partial charge on any atom is -0.312 e. The van der Waals surface area contributed by atoms with Crippen LogP contribution in [0.15, 0.2) is 11.6 Å². The Bertz CT molecular complexity index is 324. The van der Waals surface area contributed by atoms with Crippen LogP contribution >= 0.6 is 0 Å². The Balaban J connectivity index is 2.12. The van der Waals surface area contributed by atoms with E-state index in [1.54, 1.807) is 5.57 Å². The molecular formula is C19H36N2. The first-order chi connectivity index (χ1) is 10.2. The quantitative estimate of drug-likeness (QED) is 0.767. The maximum Gasteiger partial charge on any atom is 0.0458 e. The van der Waals surface area contributed by atoms with E-state index in [2.05, 4.69) is 37.2 Å². The highest BCUT2D eigenvalue weighted by Crippen LogP contribution is 2.30. The molecule has 2 heteroatoms. The van der Waals surface area contributed by atoms with Crippen molar-refractivity contribution in [2.24, 2.45) is 0 Å². The van der Waals surface area contributed by atoms with Gasteiger partial charge in [0.1, 0.15) is 0 Å². The Morgan fingerprint density at radius 1 is 0.952 bits per heavy atom. The fraction of sp³-hybridized carbons (Fsp3) is 0.895. The van der Waals surface area contributed by atoms with Gasteiger partial charge in [-0.3, -0.25) is 4.90 Å². The molecule has 1 N–H and O–H groups in total. The SMILES string of the molecule is CNC(C1=CCCCCCC1)C(C)(C)N1CCCCCC1. The summed E-state index contributed by atoms with van der Waals surface area (Å²) in [6, 6.07) is 0.508. The van der Waals surface area contributed by atoms with E-state index in [0.717, 1.165) is 0 Å². The number of hydrogen-bond acceptors (Lipinski definition) is 2. The van der Waals surface area contributed by atoms with E-state index < -0.39 is 0 Å². The zero-order chi connectivity index (χ0) is 15.1. The van der Waals surface area contributed by atoms with Crippen molar-refractivity contribution >= 4 is 0 Å². The number of hydrogen-bond donors (Lipinski definition) is 1. The molecular weight excluding hydrogens is 256 g/mol. The molecule has 0 spiro atoms. The van der Waals surface area contributed by atoms with Gasteiger partial charge >= 0.3 is 0 Å². The standard InChI is InChI=1S/C19H36N2/c1-19(2,21-15-11-7-8-12-16-21)18(20-3)17-13-9-5-4-6-10-14-17/h13,18,20H,4-12,14-16H2,1-3H3. The Morgan fingerprint density at radius 3 is 2.24 bits per heavy atom. The zero-order valence-electron chi connectivity index (χ0n) is 14.6. The van der Waals surface area contributed by atoms with Crippen molar-refractivity contribution in [3.63, 3.8) is 0 Å². The molecule has 1 aliphatic carbocycles. The molecule has 0 amide bonds. The molecule has 1 unspecified atom stereocenters. The third-order valence-electron chi connectivity index (χ3n) is 5.61. The summed E-state index contributed by atoms with van der Waals surface area (Å²) in [4.78, 5) is 2.75. The fourth-order valence-corrected chi connectivity index (χ4v) is 4.30. The third kappa shape index (κ3) is 4.56. The average molecular weight is 293 g/mol. The summed E-state index contributed by atoms with van der Waals surface area (Å²) in [7, 11) is 2.16. The summed E-state index contributed by atoms with van der Waals surface area (Å²) in [5.41, 5.74) is 1.90. The average Bonchev–Trinajstić information content (AvgIpc) is 2.71. The van der Waals surface area contributed by atoms with Crippen molar-refractivity contribution in [1.82, 2.24) is 10.2 Å². The summed E-state index contributed by atoms with van der Waals surface area (Å²) in [5.74, 6) is 0. The van der Waals surface area contributed by atoms with Gasteiger partial charge in [0.15, 0.2) is 0 Å². The van der Waals surface area contributed by atoms with Gasteiger partial charge < -0.3 is 5.32 Å². The Kier molecular flexibility index (Phi) is 6.75. The van der Waals surface area contributed by atoms with E-state index in [1.807, 2.05) is 0 Å². The molecule has 122 valence electrons. The second-order valence-electron chi connectivity index (χ2n) is 7.51. The van der Waals surface area contributed by atoms with Crippen LogP contribution < -0.4 is 5.32 Å². The van der Waals surface area contributed by atoms with Crippen molar-refractivity contribution in [3.8, 4) is 0 Å². The molecule has 1 fully saturated rings. The lowest BCUT2D eigenvalue weighted by molar-refractivity contribution is 0.0971. The number of rotatable bonds is 4. The van der Waals surface area contributed by atoms with Gasteiger partial charge in [0.2, 0.25) is 0 Å². The molecule has 1 aliphatic heterocycles. The topological polar surface area (TPSA) is 15.3 Å². The summed E-state index contributed by atoms with van der Waals surface area (Å²) in [5, 5.41) is 3.67. The van der Waals surface area contributed by atoms with Gasteiger partial charge in [0.25, 0.3) is 0 Å². The van der Waals surface area contributed by atoms with Crippen LogP contribution in [0.5, 0.6) is 0 Å². The first kappa shape index (κ1) is 17.0. The van der Waals surface area contributed by atoms with E-state index in [0.29, 0.717) is 6.04 Å². The van der Waals surface area contributed by atoms with Crippen molar-refractivity contribution < 1.29 is 0 Å². The Labute approximate surface area is 132 Å². The third-order valence-corrected chi connectivity index (χ3v) is 5.61. The van der Waals surface area contributed by atoms with Gasteiger partial charge in [-0.05, 0) is 72.5 Å². The van der Waals surface area contributed by atoms with E-state index >= 15 is 0 Å². The van der Waals surface area contributed by atoms with Gasteiger partial charge in [0, 0.05) is 11.6 Å². The maximum absolute atomic E-state index is 3.67. The number of nitrogens with zero attached hydrogens (tertiary/aromatic N) is 1. The molecule has 1 atom stereocenters. The summed E-state index contributed by atoms with van der Waals surface area (Å²) >= 11 is 0. The van der Waals surface area contributed by atoms with E-state index in [1.165, 1.54) is 77.3 Å². The summed E-state index contributed by atoms with van der Waals surface area (Å²) < 4.78 is 0. The van der Waals surface area contributed by atoms with Crippen molar-refractivity contribution in [1.29, 1.82) is 0 Å². The molecule has 0 aromatic carbocycles. The van der Waals surface area contributed by atoms with Crippen LogP contribution in [-0.4, -0.2) is 36.6 Å². The van der Waals surface area contributed by atoms with E-state index in [4.69, 9.17) is 0 Å². The van der Waals surface area contributed by atoms with E-state index in [9.17, 15) is 0 Å². The minimum atomic E-state index is 0.226. The number of nitrogens with one attached hydrogen (secondary N) is 1. The first-order valence-electron chi connectivity index (χ1n) is 9.27. The fourth-order valence-electron chi connectivity index (χ4n) is 4.30. The Morgan fingerprint density at radius 2 is 1.57 bits per heavy atom. The molecule has 0 bridgehead atoms. The molecule has 0 saturated carbocycles. The van der Waals surface area contributed by atoms with Crippen LogP contribution in [0.1, 0.15) is 78.1 Å². The second kappa shape index (κ2) is 8.33. The smallest absolute Gasteiger partial charge is 0.0458 e. The van der Waals surface area contributed by atoms with Gasteiger partial charge in [-0.2, -0.15) is 0 Å². The number of likely N-dealkylation sites (N-methyl/N-ethyl adjacent to an activating group) is 1. The lowest BCUT2D eigenvalue weighted by Gasteiger charge is -2.45. The van der Waals surface area contributed by atoms with Gasteiger partial charge in [-0.15, -0.1) is 0 Å². The molecule has 2 aliphatic rings. The van der Waals surface area contributed by atoms with Crippen LogP contribution in [-0.2, 0) is 0 Å². The molecule has 1 saturated heterocycles. The minimum absolute atomic E-state index is 0.226. The molecule has 0 radical (unpaired) electrons. The van der Waals surface area contributed by atoms with Crippen LogP contribution in [0.2, 0.25) is 0 Å². The summed E-state index contributed by atoms with van der Waals surface area (Å²) in [6.07, 6.45) is 16.3. The van der Waals surface area contributed by atoms with Crippen LogP contribution in [0.3, 0.4) is 0 Å². The monoisotopic (exact) mass is 292 g/mol. The van der Waals surface area contributed by atoms with Gasteiger partial charge in [-0.25, -0.2) is 0 Å². The van der Waals surface area contributed by atoms with Crippen molar-refractivity contribution in [3.05, 3.63) is 11.6 Å². The van der Waals surface area contributed by atoms with Crippen LogP contribution in [0.25, 0.3) is 0 Å². The molecule has 0 aromatic rings. The number of allylic oxidation sites excluding steroid dienone is 1. The highest BCUT2D eigenvalue weighted by atomic mass is 15.2. The first-order valence-corrected chi connectivity index (χ1v) is 9.27. The van der Waals surface area contributed by atoms with Gasteiger partial charge in [0.05, 0.1) is 0 Å². The predicted octanol–water partition coefficient (Wildman–Crippen LogP) is 4.51.